The van der Waals surface area contributed by atoms with Gasteiger partial charge < -0.3 is 29.8 Å². The first kappa shape index (κ1) is 22.3. The Bertz CT molecular complexity index is 1200. The number of aryl methyl sites for hydroxylation is 1. The maximum Gasteiger partial charge on any atom is 0.248 e. The van der Waals surface area contributed by atoms with Crippen molar-refractivity contribution in [1.29, 1.82) is 0 Å². The van der Waals surface area contributed by atoms with Gasteiger partial charge >= 0.3 is 0 Å². The lowest BCUT2D eigenvalue weighted by atomic mass is 9.93. The van der Waals surface area contributed by atoms with Crippen LogP contribution in [0.4, 0.5) is 5.82 Å². The zero-order valence-corrected chi connectivity index (χ0v) is 20.3. The number of hydrogen-bond acceptors (Lipinski definition) is 8. The van der Waals surface area contributed by atoms with E-state index in [9.17, 15) is 4.79 Å². The molecule has 11 heteroatoms. The largest absolute Gasteiger partial charge is 0.454 e. The molecule has 3 N–H and O–H groups in total. The highest BCUT2D eigenvalue weighted by Crippen LogP contribution is 2.43. The Labute approximate surface area is 203 Å². The van der Waals surface area contributed by atoms with Crippen LogP contribution in [0.1, 0.15) is 19.3 Å². The van der Waals surface area contributed by atoms with Gasteiger partial charge in [-0.15, -0.1) is 0 Å². The molecule has 0 atom stereocenters. The number of halogens is 1. The van der Waals surface area contributed by atoms with Crippen LogP contribution < -0.4 is 15.2 Å². The van der Waals surface area contributed by atoms with Gasteiger partial charge in [-0.25, -0.2) is 9.97 Å². The average molecular weight is 534 g/mol. The number of likely N-dealkylation sites (tertiary alicyclic amines) is 1. The van der Waals surface area contributed by atoms with Gasteiger partial charge in [0.05, 0.1) is 5.52 Å². The molecule has 0 aliphatic carbocycles. The number of rotatable bonds is 6. The van der Waals surface area contributed by atoms with Gasteiger partial charge in [-0.05, 0) is 59.3 Å². The van der Waals surface area contributed by atoms with Crippen LogP contribution in [0.15, 0.2) is 38.9 Å². The highest BCUT2D eigenvalue weighted by Gasteiger charge is 2.24. The molecule has 2 aliphatic heterocycles. The van der Waals surface area contributed by atoms with Crippen LogP contribution >= 0.6 is 27.7 Å². The molecule has 0 bridgehead atoms. The Balaban J connectivity index is 1.38. The van der Waals surface area contributed by atoms with Crippen molar-refractivity contribution in [1.82, 2.24) is 19.4 Å². The van der Waals surface area contributed by atoms with Crippen LogP contribution in [-0.4, -0.2) is 56.9 Å². The third-order valence-electron chi connectivity index (χ3n) is 6.15. The Morgan fingerprint density at radius 2 is 2.03 bits per heavy atom. The molecule has 1 amide bonds. The number of carbonyl (C=O) groups is 1. The van der Waals surface area contributed by atoms with Crippen molar-refractivity contribution in [2.24, 2.45) is 5.92 Å². The molecule has 5 rings (SSSR count). The second kappa shape index (κ2) is 9.40. The Morgan fingerprint density at radius 1 is 1.27 bits per heavy atom. The SMILES string of the molecule is Nc1nccc2c1nc(Sc1cc3c(cc1Br)OCO3)n2CCC1CCN(C(=O)CO)CC1. The van der Waals surface area contributed by atoms with Crippen molar-refractivity contribution in [3.63, 3.8) is 0 Å². The molecule has 0 unspecified atom stereocenters. The lowest BCUT2D eigenvalue weighted by Crippen LogP contribution is -2.40. The second-order valence-corrected chi connectivity index (χ2v) is 9.98. The van der Waals surface area contributed by atoms with E-state index in [0.717, 1.165) is 51.6 Å². The smallest absolute Gasteiger partial charge is 0.248 e. The van der Waals surface area contributed by atoms with Crippen LogP contribution in [0.25, 0.3) is 11.0 Å². The lowest BCUT2D eigenvalue weighted by Gasteiger charge is -2.31. The van der Waals surface area contributed by atoms with Crippen molar-refractivity contribution in [2.75, 3.05) is 32.2 Å². The fourth-order valence-corrected chi connectivity index (χ4v) is 5.82. The molecule has 1 aromatic carbocycles. The van der Waals surface area contributed by atoms with Crippen molar-refractivity contribution < 1.29 is 19.4 Å². The Kier molecular flexibility index (Phi) is 6.35. The second-order valence-electron chi connectivity index (χ2n) is 8.12. The molecular weight excluding hydrogens is 510 g/mol. The molecule has 174 valence electrons. The summed E-state index contributed by atoms with van der Waals surface area (Å²) in [6.45, 7) is 1.97. The number of piperidine rings is 1. The summed E-state index contributed by atoms with van der Waals surface area (Å²) in [6, 6.07) is 5.81. The first-order chi connectivity index (χ1) is 16.0. The van der Waals surface area contributed by atoms with E-state index in [1.54, 1.807) is 22.9 Å². The summed E-state index contributed by atoms with van der Waals surface area (Å²) in [7, 11) is 0. The first-order valence-corrected chi connectivity index (χ1v) is 12.4. The summed E-state index contributed by atoms with van der Waals surface area (Å²) in [6.07, 6.45) is 4.53. The first-order valence-electron chi connectivity index (χ1n) is 10.8. The van der Waals surface area contributed by atoms with Crippen molar-refractivity contribution in [3.8, 4) is 11.5 Å². The minimum Gasteiger partial charge on any atom is -0.454 e. The quantitative estimate of drug-likeness (QED) is 0.495. The number of aliphatic hydroxyl groups excluding tert-OH is 1. The number of aliphatic hydroxyl groups is 1. The molecule has 1 saturated heterocycles. The number of amides is 1. The standard InChI is InChI=1S/C22H24BrN5O4S/c23-14-9-16-17(32-12-31-16)10-18(14)33-22-26-20-15(1-5-25-21(20)24)28(22)8-4-13-2-6-27(7-3-13)19(30)11-29/h1,5,9-10,13,29H,2-4,6-8,11-12H2,(H2,24,25). The van der Waals surface area contributed by atoms with Gasteiger partial charge in [0.25, 0.3) is 0 Å². The predicted octanol–water partition coefficient (Wildman–Crippen LogP) is 3.28. The number of ether oxygens (including phenoxy) is 2. The normalized spacial score (nSPS) is 16.0. The summed E-state index contributed by atoms with van der Waals surface area (Å²) in [5, 5.41) is 9.92. The van der Waals surface area contributed by atoms with Crippen LogP contribution in [0, 0.1) is 5.92 Å². The molecular formula is C22H24BrN5O4S. The van der Waals surface area contributed by atoms with E-state index in [1.165, 1.54) is 0 Å². The van der Waals surface area contributed by atoms with Gasteiger partial charge in [0.15, 0.2) is 22.5 Å². The average Bonchev–Trinajstić information content (AvgIpc) is 3.42. The number of benzene rings is 1. The summed E-state index contributed by atoms with van der Waals surface area (Å²) < 4.78 is 14.1. The van der Waals surface area contributed by atoms with Gasteiger partial charge in [-0.1, -0.05) is 11.8 Å². The fourth-order valence-electron chi connectivity index (χ4n) is 4.30. The van der Waals surface area contributed by atoms with E-state index in [0.29, 0.717) is 36.1 Å². The predicted molar refractivity (Wildman–Crippen MR) is 127 cm³/mol. The van der Waals surface area contributed by atoms with Crippen molar-refractivity contribution in [3.05, 3.63) is 28.9 Å². The topological polar surface area (TPSA) is 116 Å². The van der Waals surface area contributed by atoms with Crippen LogP contribution in [0.3, 0.4) is 0 Å². The molecule has 0 saturated carbocycles. The Hall–Kier alpha value is -2.50. The highest BCUT2D eigenvalue weighted by atomic mass is 79.9. The van der Waals surface area contributed by atoms with Crippen LogP contribution in [0.5, 0.6) is 11.5 Å². The minimum atomic E-state index is -0.419. The molecule has 1 fully saturated rings. The maximum atomic E-state index is 11.7. The van der Waals surface area contributed by atoms with E-state index in [-0.39, 0.29) is 12.7 Å². The van der Waals surface area contributed by atoms with E-state index in [1.807, 2.05) is 18.2 Å². The third-order valence-corrected chi connectivity index (χ3v) is 8.12. The fraction of sp³-hybridized carbons (Fsp3) is 0.409. The molecule has 33 heavy (non-hydrogen) atoms. The number of pyridine rings is 1. The number of nitrogens with zero attached hydrogens (tertiary/aromatic N) is 4. The molecule has 0 spiro atoms. The van der Waals surface area contributed by atoms with E-state index in [2.05, 4.69) is 25.5 Å². The zero-order chi connectivity index (χ0) is 22.9. The summed E-state index contributed by atoms with van der Waals surface area (Å²) in [5.41, 5.74) is 7.78. The van der Waals surface area contributed by atoms with Crippen LogP contribution in [0.2, 0.25) is 0 Å². The summed E-state index contributed by atoms with van der Waals surface area (Å²) in [5.74, 6) is 2.16. The number of nitrogen functional groups attached to an aromatic ring is 1. The number of imidazole rings is 1. The van der Waals surface area contributed by atoms with Crippen LogP contribution in [-0.2, 0) is 11.3 Å². The van der Waals surface area contributed by atoms with Gasteiger partial charge in [0.1, 0.15) is 12.1 Å². The number of nitrogens with two attached hydrogens (primary N) is 1. The molecule has 3 aromatic rings. The number of hydrogen-bond donors (Lipinski definition) is 2. The van der Waals surface area contributed by atoms with Gasteiger partial charge in [-0.2, -0.15) is 0 Å². The van der Waals surface area contributed by atoms with Crippen molar-refractivity contribution in [2.45, 2.75) is 35.9 Å². The Morgan fingerprint density at radius 3 is 2.79 bits per heavy atom. The monoisotopic (exact) mass is 533 g/mol. The lowest BCUT2D eigenvalue weighted by molar-refractivity contribution is -0.135. The van der Waals surface area contributed by atoms with E-state index < -0.39 is 6.61 Å². The minimum absolute atomic E-state index is 0.190. The van der Waals surface area contributed by atoms with Gasteiger partial charge in [0, 0.05) is 35.2 Å². The van der Waals surface area contributed by atoms with E-state index in [4.69, 9.17) is 25.3 Å². The summed E-state index contributed by atoms with van der Waals surface area (Å²) in [4.78, 5) is 23.5. The van der Waals surface area contributed by atoms with Gasteiger partial charge in [0.2, 0.25) is 12.7 Å². The zero-order valence-electron chi connectivity index (χ0n) is 17.9. The van der Waals surface area contributed by atoms with E-state index >= 15 is 0 Å². The summed E-state index contributed by atoms with van der Waals surface area (Å²) >= 11 is 5.18. The number of fused-ring (bicyclic) bond motifs is 2. The molecule has 2 aromatic heterocycles. The maximum absolute atomic E-state index is 11.7. The van der Waals surface area contributed by atoms with Crippen molar-refractivity contribution >= 4 is 50.5 Å². The number of anilines is 1. The molecule has 0 radical (unpaired) electrons. The molecule has 2 aliphatic rings. The number of carbonyl (C=O) groups excluding carboxylic acids is 1. The molecule has 9 nitrogen and oxygen atoms in total. The van der Waals surface area contributed by atoms with Gasteiger partial charge in [-0.3, -0.25) is 4.79 Å². The molecule has 4 heterocycles. The highest BCUT2D eigenvalue weighted by molar-refractivity contribution is 9.10. The third kappa shape index (κ3) is 4.49. The number of aromatic nitrogens is 3.